The minimum Gasteiger partial charge on any atom is -0.507 e. The van der Waals surface area contributed by atoms with E-state index in [2.05, 4.69) is 0 Å². The summed E-state index contributed by atoms with van der Waals surface area (Å²) in [5.74, 6) is -1.12. The number of methoxy groups -OCH3 is 1. The molecule has 2 aromatic rings. The number of aliphatic hydroxyl groups is 1. The number of halogens is 1. The first-order valence-corrected chi connectivity index (χ1v) is 11.1. The van der Waals surface area contributed by atoms with Gasteiger partial charge in [0.15, 0.2) is 0 Å². The van der Waals surface area contributed by atoms with Crippen molar-refractivity contribution in [1.29, 1.82) is 0 Å². The predicted molar refractivity (Wildman–Crippen MR) is 131 cm³/mol. The van der Waals surface area contributed by atoms with Crippen molar-refractivity contribution in [3.05, 3.63) is 64.2 Å². The molecule has 1 fully saturated rings. The maximum atomic E-state index is 13.1. The van der Waals surface area contributed by atoms with E-state index in [-0.39, 0.29) is 11.3 Å². The van der Waals surface area contributed by atoms with Gasteiger partial charge >= 0.3 is 0 Å². The Morgan fingerprint density at radius 2 is 1.76 bits per heavy atom. The summed E-state index contributed by atoms with van der Waals surface area (Å²) in [4.78, 5) is 31.7. The van der Waals surface area contributed by atoms with E-state index in [4.69, 9.17) is 16.3 Å². The van der Waals surface area contributed by atoms with Crippen LogP contribution in [0.4, 0.5) is 5.69 Å². The van der Waals surface area contributed by atoms with Crippen molar-refractivity contribution < 1.29 is 19.4 Å². The van der Waals surface area contributed by atoms with Crippen molar-refractivity contribution >= 4 is 34.7 Å². The van der Waals surface area contributed by atoms with Gasteiger partial charge in [-0.1, -0.05) is 23.7 Å². The Morgan fingerprint density at radius 3 is 2.30 bits per heavy atom. The van der Waals surface area contributed by atoms with E-state index in [1.165, 1.54) is 13.2 Å². The van der Waals surface area contributed by atoms with Crippen LogP contribution in [0.15, 0.2) is 48.0 Å². The number of amides is 1. The second kappa shape index (κ2) is 10.3. The van der Waals surface area contributed by atoms with E-state index in [9.17, 15) is 14.7 Å². The van der Waals surface area contributed by atoms with Crippen LogP contribution in [0.5, 0.6) is 5.75 Å². The Hall–Kier alpha value is -3.03. The summed E-state index contributed by atoms with van der Waals surface area (Å²) in [6.45, 7) is 1.16. The number of nitrogens with zero attached hydrogens (tertiary/aromatic N) is 3. The van der Waals surface area contributed by atoms with E-state index >= 15 is 0 Å². The van der Waals surface area contributed by atoms with Crippen molar-refractivity contribution in [2.24, 2.45) is 0 Å². The summed E-state index contributed by atoms with van der Waals surface area (Å²) < 4.78 is 5.18. The molecular formula is C25H30ClN3O4. The number of likely N-dealkylation sites (tertiary alicyclic amines) is 1. The standard InChI is InChI=1S/C25H30ClN3O4/c1-27(2)13-6-14-29-22(16-7-10-18(11-8-16)28(3)4)21(24(31)25(29)32)23(30)17-9-12-20(33-5)19(26)15-17/h7-12,15,22,30H,6,13-14H2,1-5H3/b23-21-. The summed E-state index contributed by atoms with van der Waals surface area (Å²) in [5, 5.41) is 11.5. The van der Waals surface area contributed by atoms with E-state index in [1.807, 2.05) is 62.3 Å². The molecule has 1 N–H and O–H groups in total. The molecule has 3 rings (SSSR count). The van der Waals surface area contributed by atoms with Crippen LogP contribution in [0.25, 0.3) is 5.76 Å². The van der Waals surface area contributed by atoms with E-state index in [0.29, 0.717) is 29.3 Å². The Kier molecular flexibility index (Phi) is 7.66. The molecule has 1 aliphatic heterocycles. The monoisotopic (exact) mass is 471 g/mol. The second-order valence-electron chi connectivity index (χ2n) is 8.48. The molecule has 0 saturated carbocycles. The zero-order valence-electron chi connectivity index (χ0n) is 19.6. The van der Waals surface area contributed by atoms with Crippen molar-refractivity contribution in [3.63, 3.8) is 0 Å². The summed E-state index contributed by atoms with van der Waals surface area (Å²) in [7, 11) is 9.29. The van der Waals surface area contributed by atoms with Crippen LogP contribution in [-0.4, -0.2) is 75.0 Å². The highest BCUT2D eigenvalue weighted by Crippen LogP contribution is 2.40. The lowest BCUT2D eigenvalue weighted by Crippen LogP contribution is -2.32. The molecule has 0 aliphatic carbocycles. The highest BCUT2D eigenvalue weighted by Gasteiger charge is 2.45. The van der Waals surface area contributed by atoms with Gasteiger partial charge in [0, 0.05) is 31.9 Å². The van der Waals surface area contributed by atoms with Gasteiger partial charge in [0.05, 0.1) is 23.7 Å². The van der Waals surface area contributed by atoms with Gasteiger partial charge in [-0.05, 0) is 63.0 Å². The molecule has 1 aliphatic rings. The Morgan fingerprint density at radius 1 is 1.09 bits per heavy atom. The molecule has 176 valence electrons. The predicted octanol–water partition coefficient (Wildman–Crippen LogP) is 3.79. The molecule has 1 saturated heterocycles. The number of rotatable bonds is 8. The smallest absolute Gasteiger partial charge is 0.295 e. The third kappa shape index (κ3) is 5.15. The van der Waals surface area contributed by atoms with Crippen molar-refractivity contribution in [1.82, 2.24) is 9.80 Å². The summed E-state index contributed by atoms with van der Waals surface area (Å²) >= 11 is 6.24. The van der Waals surface area contributed by atoms with Crippen LogP contribution < -0.4 is 9.64 Å². The number of carbonyl (C=O) groups excluding carboxylic acids is 2. The number of hydrogen-bond acceptors (Lipinski definition) is 6. The third-order valence-corrected chi connectivity index (χ3v) is 5.99. The number of ether oxygens (including phenoxy) is 1. The molecule has 2 aromatic carbocycles. The van der Waals surface area contributed by atoms with Gasteiger partial charge in [-0.2, -0.15) is 0 Å². The molecule has 1 unspecified atom stereocenters. The zero-order chi connectivity index (χ0) is 24.3. The minimum atomic E-state index is -0.703. The lowest BCUT2D eigenvalue weighted by atomic mass is 9.95. The van der Waals surface area contributed by atoms with Crippen LogP contribution in [0.1, 0.15) is 23.6 Å². The number of anilines is 1. The molecule has 7 nitrogen and oxygen atoms in total. The van der Waals surface area contributed by atoms with E-state index in [0.717, 1.165) is 17.8 Å². The highest BCUT2D eigenvalue weighted by atomic mass is 35.5. The molecule has 1 heterocycles. The normalized spacial score (nSPS) is 17.7. The first kappa shape index (κ1) is 24.6. The Labute approximate surface area is 199 Å². The number of hydrogen-bond donors (Lipinski definition) is 1. The van der Waals surface area contributed by atoms with Gasteiger partial charge in [-0.25, -0.2) is 0 Å². The van der Waals surface area contributed by atoms with Crippen LogP contribution in [0, 0.1) is 0 Å². The van der Waals surface area contributed by atoms with E-state index in [1.54, 1.807) is 17.0 Å². The molecule has 8 heteroatoms. The Balaban J connectivity index is 2.10. The maximum Gasteiger partial charge on any atom is 0.295 e. The molecule has 0 radical (unpaired) electrons. The number of aliphatic hydroxyl groups excluding tert-OH is 1. The summed E-state index contributed by atoms with van der Waals surface area (Å²) in [5.41, 5.74) is 2.15. The fourth-order valence-corrected chi connectivity index (χ4v) is 4.20. The largest absolute Gasteiger partial charge is 0.507 e. The van der Waals surface area contributed by atoms with Gasteiger partial charge in [-0.3, -0.25) is 9.59 Å². The molecule has 1 amide bonds. The number of ketones is 1. The lowest BCUT2D eigenvalue weighted by Gasteiger charge is -2.26. The molecule has 33 heavy (non-hydrogen) atoms. The van der Waals surface area contributed by atoms with E-state index < -0.39 is 17.7 Å². The van der Waals surface area contributed by atoms with Crippen molar-refractivity contribution in [2.75, 3.05) is 53.3 Å². The van der Waals surface area contributed by atoms with Crippen molar-refractivity contribution in [2.45, 2.75) is 12.5 Å². The average molecular weight is 472 g/mol. The second-order valence-corrected chi connectivity index (χ2v) is 8.89. The fourth-order valence-electron chi connectivity index (χ4n) is 3.94. The highest BCUT2D eigenvalue weighted by molar-refractivity contribution is 6.46. The van der Waals surface area contributed by atoms with Crippen LogP contribution >= 0.6 is 11.6 Å². The van der Waals surface area contributed by atoms with Crippen LogP contribution in [-0.2, 0) is 9.59 Å². The maximum absolute atomic E-state index is 13.1. The van der Waals surface area contributed by atoms with Gasteiger partial charge in [-0.15, -0.1) is 0 Å². The first-order chi connectivity index (χ1) is 15.6. The molecule has 0 aromatic heterocycles. The van der Waals surface area contributed by atoms with Gasteiger partial charge in [0.25, 0.3) is 11.7 Å². The Bertz CT molecular complexity index is 1060. The topological polar surface area (TPSA) is 73.3 Å². The first-order valence-electron chi connectivity index (χ1n) is 10.7. The quantitative estimate of drug-likeness (QED) is 0.359. The van der Waals surface area contributed by atoms with Crippen LogP contribution in [0.3, 0.4) is 0 Å². The van der Waals surface area contributed by atoms with Gasteiger partial charge in [0.1, 0.15) is 11.5 Å². The third-order valence-electron chi connectivity index (χ3n) is 5.69. The zero-order valence-corrected chi connectivity index (χ0v) is 20.4. The fraction of sp³-hybridized carbons (Fsp3) is 0.360. The SMILES string of the molecule is COc1ccc(/C(O)=C2/C(=O)C(=O)N(CCCN(C)C)C2c2ccc(N(C)C)cc2)cc1Cl. The minimum absolute atomic E-state index is 0.0590. The molecular weight excluding hydrogens is 442 g/mol. The summed E-state index contributed by atoms with van der Waals surface area (Å²) in [6, 6.07) is 11.7. The van der Waals surface area contributed by atoms with Gasteiger partial charge < -0.3 is 24.5 Å². The lowest BCUT2D eigenvalue weighted by molar-refractivity contribution is -0.139. The van der Waals surface area contributed by atoms with Crippen molar-refractivity contribution in [3.8, 4) is 5.75 Å². The number of Topliss-reactive ketones (excluding diaryl/α,β-unsaturated/α-hetero) is 1. The molecule has 0 spiro atoms. The molecule has 1 atom stereocenters. The summed E-state index contributed by atoms with van der Waals surface area (Å²) in [6.07, 6.45) is 0.695. The molecule has 0 bridgehead atoms. The number of benzene rings is 2. The van der Waals surface area contributed by atoms with Crippen LogP contribution in [0.2, 0.25) is 5.02 Å². The average Bonchev–Trinajstić information content (AvgIpc) is 3.03. The number of carbonyl (C=O) groups is 2. The van der Waals surface area contributed by atoms with Gasteiger partial charge in [0.2, 0.25) is 0 Å².